The van der Waals surface area contributed by atoms with Gasteiger partial charge in [0.25, 0.3) is 5.91 Å². The van der Waals surface area contributed by atoms with E-state index in [9.17, 15) is 14.0 Å². The van der Waals surface area contributed by atoms with Crippen molar-refractivity contribution in [2.24, 2.45) is 0 Å². The number of aromatic nitrogens is 2. The van der Waals surface area contributed by atoms with Gasteiger partial charge in [0.05, 0.1) is 0 Å². The lowest BCUT2D eigenvalue weighted by Crippen LogP contribution is -2.15. The first-order valence-corrected chi connectivity index (χ1v) is 9.00. The molecule has 1 aromatic heterocycles. The van der Waals surface area contributed by atoms with E-state index < -0.39 is 0 Å². The van der Waals surface area contributed by atoms with Crippen molar-refractivity contribution < 1.29 is 14.0 Å². The number of hydrogen-bond donors (Lipinski definition) is 3. The second kappa shape index (κ2) is 9.41. The molecule has 8 heteroatoms. The molecule has 3 rings (SSSR count). The first kappa shape index (κ1) is 19.9. The maximum absolute atomic E-state index is 12.9. The Bertz CT molecular complexity index is 973. The molecule has 2 aromatic carbocycles. The van der Waals surface area contributed by atoms with Gasteiger partial charge < -0.3 is 16.0 Å². The van der Waals surface area contributed by atoms with Gasteiger partial charge in [-0.25, -0.2) is 4.39 Å². The summed E-state index contributed by atoms with van der Waals surface area (Å²) in [5.41, 5.74) is 2.41. The van der Waals surface area contributed by atoms with E-state index in [1.807, 2.05) is 0 Å². The third-order valence-electron chi connectivity index (χ3n) is 3.99. The Labute approximate surface area is 167 Å². The second-order valence-corrected chi connectivity index (χ2v) is 6.32. The van der Waals surface area contributed by atoms with Crippen molar-refractivity contribution in [2.45, 2.75) is 13.3 Å². The molecule has 0 fully saturated rings. The van der Waals surface area contributed by atoms with Crippen LogP contribution in [-0.2, 0) is 11.2 Å². The maximum atomic E-state index is 12.9. The molecule has 0 radical (unpaired) electrons. The van der Waals surface area contributed by atoms with Gasteiger partial charge in [-0.1, -0.05) is 12.1 Å². The molecule has 0 bridgehead atoms. The number of carbonyl (C=O) groups is 2. The molecule has 148 valence electrons. The van der Waals surface area contributed by atoms with Gasteiger partial charge in [0.1, 0.15) is 11.6 Å². The summed E-state index contributed by atoms with van der Waals surface area (Å²) in [5.74, 6) is -0.264. The summed E-state index contributed by atoms with van der Waals surface area (Å²) in [4.78, 5) is 23.3. The van der Waals surface area contributed by atoms with E-state index in [-0.39, 0.29) is 23.3 Å². The van der Waals surface area contributed by atoms with Gasteiger partial charge in [-0.05, 0) is 60.5 Å². The number of nitrogens with zero attached hydrogens (tertiary/aromatic N) is 2. The highest BCUT2D eigenvalue weighted by Gasteiger charge is 2.09. The highest BCUT2D eigenvalue weighted by molar-refractivity contribution is 6.03. The Morgan fingerprint density at radius 2 is 1.52 bits per heavy atom. The van der Waals surface area contributed by atoms with Gasteiger partial charge in [0.2, 0.25) is 5.91 Å². The molecular formula is C21H20FN5O2. The fourth-order valence-electron chi connectivity index (χ4n) is 2.57. The lowest BCUT2D eigenvalue weighted by molar-refractivity contribution is -0.114. The third kappa shape index (κ3) is 6.10. The van der Waals surface area contributed by atoms with Gasteiger partial charge in [0.15, 0.2) is 5.69 Å². The van der Waals surface area contributed by atoms with Crippen molar-refractivity contribution in [3.05, 3.63) is 77.7 Å². The first-order chi connectivity index (χ1) is 14.0. The molecule has 7 nitrogen and oxygen atoms in total. The number of benzene rings is 2. The molecule has 0 aliphatic heterocycles. The summed E-state index contributed by atoms with van der Waals surface area (Å²) in [7, 11) is 0. The van der Waals surface area contributed by atoms with Crippen molar-refractivity contribution in [2.75, 3.05) is 22.5 Å². The van der Waals surface area contributed by atoms with Gasteiger partial charge in [-0.15, -0.1) is 10.2 Å². The summed E-state index contributed by atoms with van der Waals surface area (Å²) in [5, 5.41) is 16.4. The molecule has 1 heterocycles. The van der Waals surface area contributed by atoms with E-state index in [1.54, 1.807) is 48.5 Å². The van der Waals surface area contributed by atoms with Crippen LogP contribution in [0.5, 0.6) is 0 Å². The largest absolute Gasteiger partial charge is 0.368 e. The number of rotatable bonds is 7. The van der Waals surface area contributed by atoms with Gasteiger partial charge in [0, 0.05) is 24.8 Å². The predicted molar refractivity (Wildman–Crippen MR) is 109 cm³/mol. The summed E-state index contributed by atoms with van der Waals surface area (Å²) in [6.07, 6.45) is 0.707. The van der Waals surface area contributed by atoms with Crippen LogP contribution < -0.4 is 16.0 Å². The summed E-state index contributed by atoms with van der Waals surface area (Å²) >= 11 is 0. The van der Waals surface area contributed by atoms with E-state index in [4.69, 9.17) is 0 Å². The lowest BCUT2D eigenvalue weighted by Gasteiger charge is -2.08. The number of amides is 2. The van der Waals surface area contributed by atoms with Crippen LogP contribution in [0.1, 0.15) is 23.0 Å². The molecule has 0 saturated carbocycles. The summed E-state index contributed by atoms with van der Waals surface area (Å²) in [6.45, 7) is 2.03. The standard InChI is InChI=1S/C21H20FN5O2/c1-14(28)24-17-6-8-18(9-7-17)25-21(29)19-10-11-20(27-26-19)23-13-12-15-2-4-16(22)5-3-15/h2-11H,12-13H2,1H3,(H,23,27)(H,24,28)(H,25,29). The molecule has 2 amide bonds. The third-order valence-corrected chi connectivity index (χ3v) is 3.99. The van der Waals surface area contributed by atoms with Crippen LogP contribution in [0.3, 0.4) is 0 Å². The van der Waals surface area contributed by atoms with Crippen LogP contribution in [0.2, 0.25) is 0 Å². The normalized spacial score (nSPS) is 10.3. The fraction of sp³-hybridized carbons (Fsp3) is 0.143. The Balaban J connectivity index is 1.50. The predicted octanol–water partition coefficient (Wildman–Crippen LogP) is 3.48. The van der Waals surface area contributed by atoms with Crippen LogP contribution in [0.15, 0.2) is 60.7 Å². The first-order valence-electron chi connectivity index (χ1n) is 9.00. The zero-order valence-corrected chi connectivity index (χ0v) is 15.8. The van der Waals surface area contributed by atoms with Crippen molar-refractivity contribution in [1.82, 2.24) is 10.2 Å². The van der Waals surface area contributed by atoms with Crippen molar-refractivity contribution in [3.63, 3.8) is 0 Å². The fourth-order valence-corrected chi connectivity index (χ4v) is 2.57. The Kier molecular flexibility index (Phi) is 6.47. The van der Waals surface area contributed by atoms with Crippen LogP contribution in [0.25, 0.3) is 0 Å². The molecule has 0 saturated heterocycles. The highest BCUT2D eigenvalue weighted by Crippen LogP contribution is 2.14. The van der Waals surface area contributed by atoms with E-state index in [2.05, 4.69) is 26.1 Å². The number of anilines is 3. The number of nitrogens with one attached hydrogen (secondary N) is 3. The Hall–Kier alpha value is -3.81. The minimum atomic E-state index is -0.386. The van der Waals surface area contributed by atoms with Crippen molar-refractivity contribution in [1.29, 1.82) is 0 Å². The Morgan fingerprint density at radius 3 is 2.10 bits per heavy atom. The van der Waals surface area contributed by atoms with Crippen molar-refractivity contribution >= 4 is 29.0 Å². The smallest absolute Gasteiger partial charge is 0.276 e. The number of hydrogen-bond acceptors (Lipinski definition) is 5. The van der Waals surface area contributed by atoms with E-state index in [0.29, 0.717) is 30.2 Å². The molecule has 0 unspecified atom stereocenters. The van der Waals surface area contributed by atoms with E-state index in [0.717, 1.165) is 5.56 Å². The van der Waals surface area contributed by atoms with Gasteiger partial charge in [-0.3, -0.25) is 9.59 Å². The van der Waals surface area contributed by atoms with Gasteiger partial charge >= 0.3 is 0 Å². The number of halogens is 1. The minimum Gasteiger partial charge on any atom is -0.368 e. The molecular weight excluding hydrogens is 373 g/mol. The molecule has 0 atom stereocenters. The molecule has 0 aliphatic rings. The molecule has 0 spiro atoms. The SMILES string of the molecule is CC(=O)Nc1ccc(NC(=O)c2ccc(NCCc3ccc(F)cc3)nn2)cc1. The van der Waals surface area contributed by atoms with Crippen LogP contribution in [0, 0.1) is 5.82 Å². The molecule has 29 heavy (non-hydrogen) atoms. The van der Waals surface area contributed by atoms with E-state index in [1.165, 1.54) is 19.1 Å². The van der Waals surface area contributed by atoms with E-state index >= 15 is 0 Å². The maximum Gasteiger partial charge on any atom is 0.276 e. The lowest BCUT2D eigenvalue weighted by atomic mass is 10.1. The summed E-state index contributed by atoms with van der Waals surface area (Å²) < 4.78 is 12.9. The van der Waals surface area contributed by atoms with Gasteiger partial charge in [-0.2, -0.15) is 0 Å². The van der Waals surface area contributed by atoms with Crippen LogP contribution in [0.4, 0.5) is 21.6 Å². The molecule has 0 aliphatic carbocycles. The Morgan fingerprint density at radius 1 is 0.862 bits per heavy atom. The number of carbonyl (C=O) groups excluding carboxylic acids is 2. The summed E-state index contributed by atoms with van der Waals surface area (Å²) in [6, 6.07) is 16.3. The molecule has 3 aromatic rings. The van der Waals surface area contributed by atoms with Crippen molar-refractivity contribution in [3.8, 4) is 0 Å². The minimum absolute atomic E-state index is 0.163. The van der Waals surface area contributed by atoms with Crippen LogP contribution >= 0.6 is 0 Å². The topological polar surface area (TPSA) is 96.0 Å². The second-order valence-electron chi connectivity index (χ2n) is 6.32. The monoisotopic (exact) mass is 393 g/mol. The average molecular weight is 393 g/mol. The highest BCUT2D eigenvalue weighted by atomic mass is 19.1. The zero-order chi connectivity index (χ0) is 20.6. The zero-order valence-electron chi connectivity index (χ0n) is 15.8. The quantitative estimate of drug-likeness (QED) is 0.571. The van der Waals surface area contributed by atoms with Crippen LogP contribution in [-0.4, -0.2) is 28.6 Å². The average Bonchev–Trinajstić information content (AvgIpc) is 2.71. The molecule has 3 N–H and O–H groups in total.